The average Bonchev–Trinajstić information content (AvgIpc) is 2.45. The van der Waals surface area contributed by atoms with Crippen LogP contribution in [0.5, 0.6) is 0 Å². The Kier molecular flexibility index (Phi) is 10.3. The molecule has 2 amide bonds. The lowest BCUT2D eigenvalue weighted by Crippen LogP contribution is -2.22. The number of amides is 2. The molecule has 0 aromatic heterocycles. The van der Waals surface area contributed by atoms with Crippen LogP contribution in [0.15, 0.2) is 24.3 Å². The van der Waals surface area contributed by atoms with Crippen LogP contribution in [-0.4, -0.2) is 18.4 Å². The first-order valence-corrected chi connectivity index (χ1v) is 6.99. The largest absolute Gasteiger partial charge is 0.366 e. The third-order valence-corrected chi connectivity index (χ3v) is 3.06. The molecule has 0 bridgehead atoms. The van der Waals surface area contributed by atoms with E-state index in [2.05, 4.69) is 5.32 Å². The second-order valence-corrected chi connectivity index (χ2v) is 4.79. The second-order valence-electron chi connectivity index (χ2n) is 4.79. The first-order chi connectivity index (χ1) is 9.63. The molecule has 0 fully saturated rings. The van der Waals surface area contributed by atoms with Gasteiger partial charge in [-0.15, -0.1) is 12.4 Å². The van der Waals surface area contributed by atoms with E-state index in [1.165, 1.54) is 0 Å². The number of hydrogen-bond acceptors (Lipinski definition) is 3. The summed E-state index contributed by atoms with van der Waals surface area (Å²) in [7, 11) is 0. The van der Waals surface area contributed by atoms with Crippen molar-refractivity contribution in [3.63, 3.8) is 0 Å². The van der Waals surface area contributed by atoms with Crippen molar-refractivity contribution in [2.75, 3.05) is 6.54 Å². The highest BCUT2D eigenvalue weighted by Crippen LogP contribution is 2.05. The predicted molar refractivity (Wildman–Crippen MR) is 86.2 cm³/mol. The molecule has 0 saturated heterocycles. The van der Waals surface area contributed by atoms with Crippen LogP contribution in [0.3, 0.4) is 0 Å². The molecule has 6 heteroatoms. The summed E-state index contributed by atoms with van der Waals surface area (Å²) >= 11 is 0. The molecule has 0 heterocycles. The minimum Gasteiger partial charge on any atom is -0.366 e. The zero-order valence-corrected chi connectivity index (χ0v) is 13.0. The van der Waals surface area contributed by atoms with Crippen LogP contribution in [-0.2, 0) is 11.3 Å². The molecule has 0 radical (unpaired) electrons. The Labute approximate surface area is 131 Å². The Morgan fingerprint density at radius 3 is 2.48 bits per heavy atom. The highest BCUT2D eigenvalue weighted by Gasteiger charge is 2.04. The maximum absolute atomic E-state index is 11.6. The highest BCUT2D eigenvalue weighted by atomic mass is 35.5. The van der Waals surface area contributed by atoms with Crippen molar-refractivity contribution in [3.05, 3.63) is 35.4 Å². The van der Waals surface area contributed by atoms with Crippen LogP contribution in [0.1, 0.15) is 48.0 Å². The van der Waals surface area contributed by atoms with Crippen molar-refractivity contribution in [1.82, 2.24) is 5.32 Å². The van der Waals surface area contributed by atoms with Crippen LogP contribution in [0.2, 0.25) is 0 Å². The summed E-state index contributed by atoms with van der Waals surface area (Å²) in [6.45, 7) is 1.13. The molecule has 0 aliphatic carbocycles. The number of unbranched alkanes of at least 4 members (excludes halogenated alkanes) is 3. The number of halogens is 1. The Balaban J connectivity index is 0.00000400. The van der Waals surface area contributed by atoms with E-state index in [4.69, 9.17) is 11.5 Å². The second kappa shape index (κ2) is 11.1. The Hall–Kier alpha value is -1.59. The number of nitrogens with one attached hydrogen (secondary N) is 1. The van der Waals surface area contributed by atoms with Gasteiger partial charge in [-0.2, -0.15) is 0 Å². The molecule has 5 N–H and O–H groups in total. The van der Waals surface area contributed by atoms with Gasteiger partial charge >= 0.3 is 0 Å². The smallest absolute Gasteiger partial charge is 0.248 e. The molecular weight excluding hydrogens is 290 g/mol. The van der Waals surface area contributed by atoms with Gasteiger partial charge in [-0.1, -0.05) is 25.0 Å². The van der Waals surface area contributed by atoms with Gasteiger partial charge in [0, 0.05) is 18.5 Å². The van der Waals surface area contributed by atoms with Crippen LogP contribution < -0.4 is 16.8 Å². The van der Waals surface area contributed by atoms with Gasteiger partial charge in [0.25, 0.3) is 0 Å². The Morgan fingerprint density at radius 2 is 1.81 bits per heavy atom. The number of hydrogen-bond donors (Lipinski definition) is 3. The molecule has 0 unspecified atom stereocenters. The summed E-state index contributed by atoms with van der Waals surface area (Å²) in [5.74, 6) is -0.430. The van der Waals surface area contributed by atoms with Gasteiger partial charge in [-0.05, 0) is 37.1 Å². The standard InChI is InChI=1S/C15H23N3O2.ClH/c16-9-4-2-1-3-8-14(19)18-11-12-6-5-7-13(10-12)15(17)20;/h5-7,10H,1-4,8-9,11,16H2,(H2,17,20)(H,18,19);1H. The lowest BCUT2D eigenvalue weighted by Gasteiger charge is -2.06. The molecule has 21 heavy (non-hydrogen) atoms. The van der Waals surface area contributed by atoms with E-state index in [0.29, 0.717) is 25.1 Å². The van der Waals surface area contributed by atoms with E-state index >= 15 is 0 Å². The van der Waals surface area contributed by atoms with Crippen molar-refractivity contribution in [1.29, 1.82) is 0 Å². The molecule has 1 rings (SSSR count). The minimum absolute atomic E-state index is 0. The number of carbonyl (C=O) groups is 2. The van der Waals surface area contributed by atoms with Crippen molar-refractivity contribution in [2.24, 2.45) is 11.5 Å². The van der Waals surface area contributed by atoms with Gasteiger partial charge in [0.1, 0.15) is 0 Å². The molecule has 1 aromatic rings. The quantitative estimate of drug-likeness (QED) is 0.605. The molecule has 1 aromatic carbocycles. The number of rotatable bonds is 9. The Bertz CT molecular complexity index is 452. The summed E-state index contributed by atoms with van der Waals surface area (Å²) < 4.78 is 0. The van der Waals surface area contributed by atoms with E-state index in [-0.39, 0.29) is 18.3 Å². The van der Waals surface area contributed by atoms with E-state index in [9.17, 15) is 9.59 Å². The van der Waals surface area contributed by atoms with E-state index in [1.807, 2.05) is 6.07 Å². The molecule has 118 valence electrons. The van der Waals surface area contributed by atoms with Gasteiger partial charge in [-0.3, -0.25) is 9.59 Å². The zero-order valence-electron chi connectivity index (χ0n) is 12.1. The van der Waals surface area contributed by atoms with E-state index in [0.717, 1.165) is 31.2 Å². The fraction of sp³-hybridized carbons (Fsp3) is 0.467. The zero-order chi connectivity index (χ0) is 14.8. The van der Waals surface area contributed by atoms with E-state index in [1.54, 1.807) is 18.2 Å². The number of nitrogens with two attached hydrogens (primary N) is 2. The topological polar surface area (TPSA) is 98.2 Å². The summed E-state index contributed by atoms with van der Waals surface area (Å²) in [6, 6.07) is 6.97. The maximum Gasteiger partial charge on any atom is 0.248 e. The van der Waals surface area contributed by atoms with Gasteiger partial charge in [0.2, 0.25) is 11.8 Å². The summed E-state index contributed by atoms with van der Waals surface area (Å²) in [5.41, 5.74) is 11.9. The third kappa shape index (κ3) is 8.32. The van der Waals surface area contributed by atoms with Crippen molar-refractivity contribution < 1.29 is 9.59 Å². The molecule has 5 nitrogen and oxygen atoms in total. The first kappa shape index (κ1) is 19.4. The van der Waals surface area contributed by atoms with Crippen LogP contribution in [0, 0.1) is 0 Å². The van der Waals surface area contributed by atoms with Gasteiger partial charge < -0.3 is 16.8 Å². The molecule has 0 saturated carbocycles. The van der Waals surface area contributed by atoms with Crippen LogP contribution >= 0.6 is 12.4 Å². The number of carbonyl (C=O) groups excluding carboxylic acids is 2. The minimum atomic E-state index is -0.460. The molecule has 0 aliphatic heterocycles. The fourth-order valence-electron chi connectivity index (χ4n) is 1.91. The van der Waals surface area contributed by atoms with Gasteiger partial charge in [0.15, 0.2) is 0 Å². The monoisotopic (exact) mass is 313 g/mol. The van der Waals surface area contributed by atoms with Crippen LogP contribution in [0.25, 0.3) is 0 Å². The highest BCUT2D eigenvalue weighted by molar-refractivity contribution is 5.92. The van der Waals surface area contributed by atoms with E-state index < -0.39 is 5.91 Å². The number of benzene rings is 1. The number of primary amides is 1. The summed E-state index contributed by atoms with van der Waals surface area (Å²) in [4.78, 5) is 22.7. The van der Waals surface area contributed by atoms with Crippen molar-refractivity contribution >= 4 is 24.2 Å². The summed E-state index contributed by atoms with van der Waals surface area (Å²) in [6.07, 6.45) is 4.53. The Morgan fingerprint density at radius 1 is 1.10 bits per heavy atom. The molecule has 0 spiro atoms. The average molecular weight is 314 g/mol. The summed E-state index contributed by atoms with van der Waals surface area (Å²) in [5, 5.41) is 2.84. The van der Waals surface area contributed by atoms with Crippen molar-refractivity contribution in [2.45, 2.75) is 38.6 Å². The molecular formula is C15H24ClN3O2. The fourth-order valence-corrected chi connectivity index (χ4v) is 1.91. The van der Waals surface area contributed by atoms with Gasteiger partial charge in [0.05, 0.1) is 0 Å². The predicted octanol–water partition coefficient (Wildman–Crippen LogP) is 1.73. The van der Waals surface area contributed by atoms with Crippen molar-refractivity contribution in [3.8, 4) is 0 Å². The first-order valence-electron chi connectivity index (χ1n) is 6.99. The molecule has 0 atom stereocenters. The normalized spacial score (nSPS) is 9.76. The SMILES string of the molecule is Cl.NCCCCCCC(=O)NCc1cccc(C(N)=O)c1. The molecule has 0 aliphatic rings. The van der Waals surface area contributed by atoms with Gasteiger partial charge in [-0.25, -0.2) is 0 Å². The third-order valence-electron chi connectivity index (χ3n) is 3.06. The lowest BCUT2D eigenvalue weighted by atomic mass is 10.1. The lowest BCUT2D eigenvalue weighted by molar-refractivity contribution is -0.121. The van der Waals surface area contributed by atoms with Crippen LogP contribution in [0.4, 0.5) is 0 Å². The maximum atomic E-state index is 11.6.